The highest BCUT2D eigenvalue weighted by Gasteiger charge is 2.18. The van der Waals surface area contributed by atoms with E-state index in [4.69, 9.17) is 14.2 Å². The number of rotatable bonds is 6. The Morgan fingerprint density at radius 3 is 2.33 bits per heavy atom. The third kappa shape index (κ3) is 3.57. The lowest BCUT2D eigenvalue weighted by Gasteiger charge is -2.13. The minimum atomic E-state index is -0.853. The predicted octanol–water partition coefficient (Wildman–Crippen LogP) is 1.17. The summed E-state index contributed by atoms with van der Waals surface area (Å²) in [6, 6.07) is 3.57. The fourth-order valence-electron chi connectivity index (χ4n) is 1.82. The summed E-state index contributed by atoms with van der Waals surface area (Å²) in [4.78, 5) is 12.3. The molecule has 0 fully saturated rings. The van der Waals surface area contributed by atoms with E-state index in [1.807, 2.05) is 6.07 Å². The number of aromatic nitrogens is 3. The lowest BCUT2D eigenvalue weighted by molar-refractivity contribution is 0.166. The number of hydrogen-bond acceptors (Lipinski definition) is 7. The van der Waals surface area contributed by atoms with Gasteiger partial charge in [-0.25, -0.2) is 9.97 Å². The van der Waals surface area contributed by atoms with Crippen molar-refractivity contribution in [1.82, 2.24) is 15.0 Å². The van der Waals surface area contributed by atoms with Crippen molar-refractivity contribution in [3.8, 4) is 17.6 Å². The number of nitrogens with zero attached hydrogens (tertiary/aromatic N) is 3. The van der Waals surface area contributed by atoms with Gasteiger partial charge in [-0.2, -0.15) is 4.98 Å². The summed E-state index contributed by atoms with van der Waals surface area (Å²) in [5, 5.41) is 10.3. The van der Waals surface area contributed by atoms with Gasteiger partial charge in [0.25, 0.3) is 0 Å². The summed E-state index contributed by atoms with van der Waals surface area (Å²) < 4.78 is 15.1. The van der Waals surface area contributed by atoms with Crippen LogP contribution in [0.4, 0.5) is 0 Å². The minimum Gasteiger partial charge on any atom is -0.481 e. The average Bonchev–Trinajstić information content (AvgIpc) is 2.54. The van der Waals surface area contributed by atoms with Crippen LogP contribution in [0.15, 0.2) is 24.5 Å². The zero-order chi connectivity index (χ0) is 15.2. The zero-order valence-corrected chi connectivity index (χ0v) is 12.1. The van der Waals surface area contributed by atoms with Crippen molar-refractivity contribution in [2.75, 3.05) is 21.3 Å². The topological polar surface area (TPSA) is 86.6 Å². The van der Waals surface area contributed by atoms with Crippen LogP contribution < -0.4 is 14.2 Å². The zero-order valence-electron chi connectivity index (χ0n) is 12.1. The summed E-state index contributed by atoms with van der Waals surface area (Å²) in [6.45, 7) is 0. The van der Waals surface area contributed by atoms with Crippen molar-refractivity contribution in [3.05, 3.63) is 35.8 Å². The molecule has 0 aromatic carbocycles. The molecular formula is C14H17N3O4. The van der Waals surface area contributed by atoms with E-state index in [2.05, 4.69) is 15.0 Å². The van der Waals surface area contributed by atoms with E-state index in [-0.39, 0.29) is 5.88 Å². The van der Waals surface area contributed by atoms with E-state index < -0.39 is 6.10 Å². The first-order valence-electron chi connectivity index (χ1n) is 6.29. The molecule has 0 saturated heterocycles. The highest BCUT2D eigenvalue weighted by Crippen LogP contribution is 2.25. The van der Waals surface area contributed by atoms with Gasteiger partial charge >= 0.3 is 0 Å². The van der Waals surface area contributed by atoms with E-state index >= 15 is 0 Å². The summed E-state index contributed by atoms with van der Waals surface area (Å²) >= 11 is 0. The van der Waals surface area contributed by atoms with E-state index in [1.165, 1.54) is 20.4 Å². The predicted molar refractivity (Wildman–Crippen MR) is 74.6 cm³/mol. The third-order valence-corrected chi connectivity index (χ3v) is 2.90. The molecule has 0 aliphatic rings. The second-order valence-corrected chi connectivity index (χ2v) is 4.24. The van der Waals surface area contributed by atoms with Crippen molar-refractivity contribution in [1.29, 1.82) is 0 Å². The molecule has 7 nitrogen and oxygen atoms in total. The summed E-state index contributed by atoms with van der Waals surface area (Å²) in [5.74, 6) is 1.09. The van der Waals surface area contributed by atoms with Gasteiger partial charge in [0.05, 0.1) is 27.5 Å². The van der Waals surface area contributed by atoms with E-state index in [0.29, 0.717) is 23.9 Å². The van der Waals surface area contributed by atoms with Crippen molar-refractivity contribution in [3.63, 3.8) is 0 Å². The van der Waals surface area contributed by atoms with Crippen LogP contribution in [0.5, 0.6) is 17.6 Å². The molecule has 2 aromatic heterocycles. The van der Waals surface area contributed by atoms with Crippen LogP contribution in [0.1, 0.15) is 17.4 Å². The number of aliphatic hydroxyl groups excluding tert-OH is 1. The maximum absolute atomic E-state index is 10.3. The maximum atomic E-state index is 10.3. The number of pyridine rings is 1. The Balaban J connectivity index is 2.17. The van der Waals surface area contributed by atoms with Crippen LogP contribution >= 0.6 is 0 Å². The van der Waals surface area contributed by atoms with Crippen molar-refractivity contribution < 1.29 is 19.3 Å². The monoisotopic (exact) mass is 291 g/mol. The fourth-order valence-corrected chi connectivity index (χ4v) is 1.82. The van der Waals surface area contributed by atoms with E-state index in [9.17, 15) is 5.11 Å². The molecule has 1 N–H and O–H groups in total. The highest BCUT2D eigenvalue weighted by atomic mass is 16.5. The largest absolute Gasteiger partial charge is 0.481 e. The molecule has 2 heterocycles. The first kappa shape index (κ1) is 15.0. The van der Waals surface area contributed by atoms with E-state index in [0.717, 1.165) is 5.56 Å². The maximum Gasteiger partial charge on any atom is 0.241 e. The van der Waals surface area contributed by atoms with Gasteiger partial charge in [-0.05, 0) is 5.56 Å². The van der Waals surface area contributed by atoms with Gasteiger partial charge in [-0.1, -0.05) is 6.07 Å². The third-order valence-electron chi connectivity index (χ3n) is 2.90. The summed E-state index contributed by atoms with van der Waals surface area (Å²) in [5.41, 5.74) is 1.21. The van der Waals surface area contributed by atoms with Crippen molar-refractivity contribution in [2.45, 2.75) is 12.5 Å². The molecule has 0 radical (unpaired) electrons. The molecule has 0 saturated carbocycles. The van der Waals surface area contributed by atoms with Gasteiger partial charge in [0.15, 0.2) is 0 Å². The van der Waals surface area contributed by atoms with Gasteiger partial charge in [0.1, 0.15) is 11.8 Å². The Kier molecular flexibility index (Phi) is 4.89. The van der Waals surface area contributed by atoms with Crippen LogP contribution in [0.3, 0.4) is 0 Å². The Morgan fingerprint density at radius 1 is 1.00 bits per heavy atom. The fraction of sp³-hybridized carbons (Fsp3) is 0.357. The Morgan fingerprint density at radius 2 is 1.76 bits per heavy atom. The summed E-state index contributed by atoms with van der Waals surface area (Å²) in [7, 11) is 4.51. The molecule has 112 valence electrons. The molecule has 2 aromatic rings. The Bertz CT molecular complexity index is 589. The number of aliphatic hydroxyl groups is 1. The molecule has 1 unspecified atom stereocenters. The molecule has 0 aliphatic heterocycles. The molecule has 0 aliphatic carbocycles. The van der Waals surface area contributed by atoms with Gasteiger partial charge < -0.3 is 19.3 Å². The van der Waals surface area contributed by atoms with Crippen LogP contribution in [-0.4, -0.2) is 41.4 Å². The lowest BCUT2D eigenvalue weighted by atomic mass is 10.1. The first-order valence-corrected chi connectivity index (χ1v) is 6.29. The summed E-state index contributed by atoms with van der Waals surface area (Å²) in [6.07, 6.45) is 2.57. The molecule has 0 spiro atoms. The van der Waals surface area contributed by atoms with Gasteiger partial charge in [-0.3, -0.25) is 0 Å². The Labute approximate surface area is 122 Å². The normalized spacial score (nSPS) is 11.8. The van der Waals surface area contributed by atoms with Crippen LogP contribution in [-0.2, 0) is 6.42 Å². The minimum absolute atomic E-state index is 0.239. The lowest BCUT2D eigenvalue weighted by Crippen LogP contribution is -2.08. The number of methoxy groups -OCH3 is 3. The molecule has 2 rings (SSSR count). The average molecular weight is 291 g/mol. The number of hydrogen-bond donors (Lipinski definition) is 1. The Hall–Kier alpha value is -2.41. The highest BCUT2D eigenvalue weighted by molar-refractivity contribution is 5.27. The SMILES string of the molecule is COc1ccc(CC(O)c2ncc(OC)nc2OC)cn1. The molecule has 7 heteroatoms. The molecular weight excluding hydrogens is 274 g/mol. The molecule has 0 amide bonds. The molecule has 0 bridgehead atoms. The van der Waals surface area contributed by atoms with Gasteiger partial charge in [-0.15, -0.1) is 0 Å². The van der Waals surface area contributed by atoms with Crippen LogP contribution in [0, 0.1) is 0 Å². The van der Waals surface area contributed by atoms with Gasteiger partial charge in [0.2, 0.25) is 17.6 Å². The second-order valence-electron chi connectivity index (χ2n) is 4.24. The van der Waals surface area contributed by atoms with Crippen molar-refractivity contribution in [2.24, 2.45) is 0 Å². The molecule has 1 atom stereocenters. The molecule has 21 heavy (non-hydrogen) atoms. The quantitative estimate of drug-likeness (QED) is 0.855. The standard InChI is InChI=1S/C14H17N3O4/c1-19-11-5-4-9(7-15-11)6-10(18)13-14(21-3)17-12(20-2)8-16-13/h4-5,7-8,10,18H,6H2,1-3H3. The van der Waals surface area contributed by atoms with Crippen LogP contribution in [0.2, 0.25) is 0 Å². The smallest absolute Gasteiger partial charge is 0.241 e. The van der Waals surface area contributed by atoms with Crippen LogP contribution in [0.25, 0.3) is 0 Å². The first-order chi connectivity index (χ1) is 10.2. The second kappa shape index (κ2) is 6.85. The van der Waals surface area contributed by atoms with E-state index in [1.54, 1.807) is 19.4 Å². The van der Waals surface area contributed by atoms with Crippen molar-refractivity contribution >= 4 is 0 Å². The van der Waals surface area contributed by atoms with Gasteiger partial charge in [0, 0.05) is 18.7 Å². The number of ether oxygens (including phenoxy) is 3.